The van der Waals surface area contributed by atoms with E-state index in [1.807, 2.05) is 0 Å². The molecule has 0 aromatic carbocycles. The van der Waals surface area contributed by atoms with Crippen LogP contribution in [0.15, 0.2) is 27.9 Å². The zero-order valence-corrected chi connectivity index (χ0v) is 5.00. The maximum Gasteiger partial charge on any atom is 0.228 e. The Morgan fingerprint density at radius 1 is 1.60 bits per heavy atom. The lowest BCUT2D eigenvalue weighted by molar-refractivity contribution is 0.590. The summed E-state index contributed by atoms with van der Waals surface area (Å²) in [5.74, 6) is 0. The molecule has 0 unspecified atom stereocenters. The van der Waals surface area contributed by atoms with E-state index in [9.17, 15) is 4.79 Å². The van der Waals surface area contributed by atoms with Crippen LogP contribution in [-0.2, 0) is 0 Å². The Balaban J connectivity index is 3.09. The number of H-pyrrole nitrogens is 1. The minimum Gasteiger partial charge on any atom is -0.427 e. The summed E-state index contributed by atoms with van der Waals surface area (Å²) in [4.78, 5) is 17.3. The zero-order valence-electron chi connectivity index (χ0n) is 5.00. The molecule has 0 saturated heterocycles. The van der Waals surface area contributed by atoms with Crippen LogP contribution in [0, 0.1) is 0 Å². The minimum absolute atomic E-state index is 0.123. The smallest absolute Gasteiger partial charge is 0.228 e. The number of rotatable bonds is 0. The molecule has 4 heteroatoms. The van der Waals surface area contributed by atoms with Crippen molar-refractivity contribution in [2.75, 3.05) is 0 Å². The highest BCUT2D eigenvalue weighted by atomic mass is 16.3. The van der Waals surface area contributed by atoms with Crippen molar-refractivity contribution < 1.29 is 4.42 Å². The number of nitrogens with one attached hydrogen (secondary N) is 1. The number of fused-ring (bicyclic) bond motifs is 1. The highest BCUT2D eigenvalue weighted by Gasteiger charge is 1.99. The largest absolute Gasteiger partial charge is 0.427 e. The first kappa shape index (κ1) is 5.22. The molecule has 0 spiro atoms. The van der Waals surface area contributed by atoms with Crippen molar-refractivity contribution >= 4 is 11.2 Å². The average molecular weight is 136 g/mol. The van der Waals surface area contributed by atoms with Crippen LogP contribution in [0.4, 0.5) is 0 Å². The van der Waals surface area contributed by atoms with Gasteiger partial charge in [-0.3, -0.25) is 4.79 Å². The molecule has 0 atom stereocenters. The Labute approximate surface area is 55.5 Å². The summed E-state index contributed by atoms with van der Waals surface area (Å²) < 4.78 is 4.83. The Morgan fingerprint density at radius 3 is 3.30 bits per heavy atom. The number of oxazole rings is 1. The first-order valence-corrected chi connectivity index (χ1v) is 2.79. The standard InChI is InChI=1S/C6H4N2O2/c9-4-1-2-7-6-5(4)8-3-10-6/h1-3H,(H,7,9). The quantitative estimate of drug-likeness (QED) is 0.574. The highest BCUT2D eigenvalue weighted by Crippen LogP contribution is 2.00. The van der Waals surface area contributed by atoms with Gasteiger partial charge < -0.3 is 9.40 Å². The topological polar surface area (TPSA) is 58.9 Å². The number of hydrogen-bond acceptors (Lipinski definition) is 3. The van der Waals surface area contributed by atoms with Crippen LogP contribution in [0.25, 0.3) is 11.2 Å². The van der Waals surface area contributed by atoms with E-state index < -0.39 is 0 Å². The van der Waals surface area contributed by atoms with Gasteiger partial charge in [0.15, 0.2) is 11.9 Å². The Bertz CT molecular complexity index is 401. The summed E-state index contributed by atoms with van der Waals surface area (Å²) >= 11 is 0. The first-order valence-electron chi connectivity index (χ1n) is 2.79. The number of aromatic amines is 1. The van der Waals surface area contributed by atoms with Gasteiger partial charge in [0, 0.05) is 12.3 Å². The van der Waals surface area contributed by atoms with E-state index in [0.717, 1.165) is 0 Å². The van der Waals surface area contributed by atoms with Gasteiger partial charge in [0.25, 0.3) is 0 Å². The summed E-state index contributed by atoms with van der Waals surface area (Å²) in [7, 11) is 0. The number of hydrogen-bond donors (Lipinski definition) is 1. The summed E-state index contributed by atoms with van der Waals surface area (Å²) in [6.45, 7) is 0. The molecule has 2 rings (SSSR count). The molecule has 1 N–H and O–H groups in total. The molecular formula is C6H4N2O2. The van der Waals surface area contributed by atoms with Crippen LogP contribution in [0.5, 0.6) is 0 Å². The van der Waals surface area contributed by atoms with Crippen molar-refractivity contribution in [3.05, 3.63) is 28.9 Å². The number of aromatic nitrogens is 2. The molecule has 50 valence electrons. The van der Waals surface area contributed by atoms with E-state index in [1.54, 1.807) is 0 Å². The SMILES string of the molecule is O=c1cc[nH]c2ocnc12. The van der Waals surface area contributed by atoms with E-state index in [-0.39, 0.29) is 5.43 Å². The van der Waals surface area contributed by atoms with E-state index in [2.05, 4.69) is 9.97 Å². The average Bonchev–Trinajstić information content (AvgIpc) is 2.36. The third-order valence-electron chi connectivity index (χ3n) is 1.25. The molecule has 10 heavy (non-hydrogen) atoms. The van der Waals surface area contributed by atoms with Crippen LogP contribution < -0.4 is 5.43 Å². The highest BCUT2D eigenvalue weighted by molar-refractivity contribution is 5.66. The van der Waals surface area contributed by atoms with Gasteiger partial charge in [-0.2, -0.15) is 0 Å². The summed E-state index contributed by atoms with van der Waals surface area (Å²) in [5, 5.41) is 0. The molecule has 2 aromatic rings. The summed E-state index contributed by atoms with van der Waals surface area (Å²) in [6.07, 6.45) is 2.76. The lowest BCUT2D eigenvalue weighted by atomic mass is 10.4. The van der Waals surface area contributed by atoms with Crippen molar-refractivity contribution in [1.82, 2.24) is 9.97 Å². The fourth-order valence-electron chi connectivity index (χ4n) is 0.796. The van der Waals surface area contributed by atoms with Crippen LogP contribution >= 0.6 is 0 Å². The molecule has 0 radical (unpaired) electrons. The molecule has 2 heterocycles. The first-order chi connectivity index (χ1) is 4.88. The molecule has 0 fully saturated rings. The molecular weight excluding hydrogens is 132 g/mol. The number of pyridine rings is 1. The zero-order chi connectivity index (χ0) is 6.97. The lowest BCUT2D eigenvalue weighted by Gasteiger charge is -1.81. The van der Waals surface area contributed by atoms with Gasteiger partial charge in [-0.25, -0.2) is 4.98 Å². The molecule has 4 nitrogen and oxygen atoms in total. The van der Waals surface area contributed by atoms with E-state index >= 15 is 0 Å². The maximum absolute atomic E-state index is 10.9. The molecule has 0 aliphatic carbocycles. The van der Waals surface area contributed by atoms with Crippen molar-refractivity contribution in [3.63, 3.8) is 0 Å². The second-order valence-corrected chi connectivity index (χ2v) is 1.87. The monoisotopic (exact) mass is 136 g/mol. The van der Waals surface area contributed by atoms with E-state index in [4.69, 9.17) is 4.42 Å². The number of nitrogens with zero attached hydrogens (tertiary/aromatic N) is 1. The van der Waals surface area contributed by atoms with E-state index in [1.165, 1.54) is 18.7 Å². The molecule has 2 aromatic heterocycles. The van der Waals surface area contributed by atoms with Crippen LogP contribution in [0.1, 0.15) is 0 Å². The Kier molecular flexibility index (Phi) is 0.887. The normalized spacial score (nSPS) is 10.4. The van der Waals surface area contributed by atoms with E-state index in [0.29, 0.717) is 11.2 Å². The van der Waals surface area contributed by atoms with Crippen molar-refractivity contribution in [3.8, 4) is 0 Å². The van der Waals surface area contributed by atoms with Gasteiger partial charge in [0.05, 0.1) is 0 Å². The Hall–Kier alpha value is -1.58. The van der Waals surface area contributed by atoms with Gasteiger partial charge in [0.1, 0.15) is 0 Å². The van der Waals surface area contributed by atoms with Crippen LogP contribution in [0.3, 0.4) is 0 Å². The second kappa shape index (κ2) is 1.70. The lowest BCUT2D eigenvalue weighted by Crippen LogP contribution is -1.98. The molecule has 0 aliphatic heterocycles. The Morgan fingerprint density at radius 2 is 2.50 bits per heavy atom. The van der Waals surface area contributed by atoms with Gasteiger partial charge in [-0.05, 0) is 0 Å². The molecule has 0 amide bonds. The van der Waals surface area contributed by atoms with Gasteiger partial charge in [-0.1, -0.05) is 0 Å². The van der Waals surface area contributed by atoms with Crippen molar-refractivity contribution in [2.45, 2.75) is 0 Å². The summed E-state index contributed by atoms with van der Waals surface area (Å²) in [5.41, 5.74) is 0.650. The third kappa shape index (κ3) is 0.556. The van der Waals surface area contributed by atoms with Crippen LogP contribution in [0.2, 0.25) is 0 Å². The summed E-state index contributed by atoms with van der Waals surface area (Å²) in [6, 6.07) is 1.41. The van der Waals surface area contributed by atoms with Gasteiger partial charge >= 0.3 is 0 Å². The predicted molar refractivity (Wildman–Crippen MR) is 34.6 cm³/mol. The maximum atomic E-state index is 10.9. The van der Waals surface area contributed by atoms with Gasteiger partial charge in [0.2, 0.25) is 11.1 Å². The van der Waals surface area contributed by atoms with Crippen molar-refractivity contribution in [2.24, 2.45) is 0 Å². The molecule has 0 aliphatic rings. The molecule has 0 bridgehead atoms. The fourth-order valence-corrected chi connectivity index (χ4v) is 0.796. The van der Waals surface area contributed by atoms with Crippen LogP contribution in [-0.4, -0.2) is 9.97 Å². The van der Waals surface area contributed by atoms with Gasteiger partial charge in [-0.15, -0.1) is 0 Å². The second-order valence-electron chi connectivity index (χ2n) is 1.87. The minimum atomic E-state index is -0.123. The predicted octanol–water partition coefficient (Wildman–Crippen LogP) is 0.516. The fraction of sp³-hybridized carbons (Fsp3) is 0. The third-order valence-corrected chi connectivity index (χ3v) is 1.25. The molecule has 0 saturated carbocycles. The van der Waals surface area contributed by atoms with Crippen molar-refractivity contribution in [1.29, 1.82) is 0 Å².